The Bertz CT molecular complexity index is 623. The summed E-state index contributed by atoms with van der Waals surface area (Å²) in [4.78, 5) is 25.7. The lowest BCUT2D eigenvalue weighted by Crippen LogP contribution is -2.30. The average Bonchev–Trinajstić information content (AvgIpc) is 3.12. The van der Waals surface area contributed by atoms with E-state index in [-0.39, 0.29) is 17.9 Å². The van der Waals surface area contributed by atoms with Crippen molar-refractivity contribution in [2.24, 2.45) is 0 Å². The van der Waals surface area contributed by atoms with E-state index in [0.29, 0.717) is 24.9 Å². The van der Waals surface area contributed by atoms with Crippen LogP contribution < -0.4 is 5.32 Å². The number of rotatable bonds is 7. The molecule has 0 spiro atoms. The molecule has 122 valence electrons. The first-order chi connectivity index (χ1) is 11.1. The highest BCUT2D eigenvalue weighted by molar-refractivity contribution is 5.94. The van der Waals surface area contributed by atoms with Gasteiger partial charge in [0.1, 0.15) is 5.76 Å². The van der Waals surface area contributed by atoms with Crippen LogP contribution in [0.15, 0.2) is 53.1 Å². The van der Waals surface area contributed by atoms with Crippen molar-refractivity contribution in [2.45, 2.75) is 25.8 Å². The second-order valence-electron chi connectivity index (χ2n) is 5.42. The van der Waals surface area contributed by atoms with Crippen LogP contribution in [0.4, 0.5) is 0 Å². The van der Waals surface area contributed by atoms with Gasteiger partial charge in [0.25, 0.3) is 5.91 Å². The summed E-state index contributed by atoms with van der Waals surface area (Å²) in [6.07, 6.45) is 2.59. The molecule has 23 heavy (non-hydrogen) atoms. The summed E-state index contributed by atoms with van der Waals surface area (Å²) in [7, 11) is 1.76. The third-order valence-electron chi connectivity index (χ3n) is 3.82. The first kappa shape index (κ1) is 16.8. The number of amides is 2. The van der Waals surface area contributed by atoms with Gasteiger partial charge in [-0.1, -0.05) is 18.2 Å². The molecular weight excluding hydrogens is 292 g/mol. The van der Waals surface area contributed by atoms with E-state index in [1.54, 1.807) is 30.3 Å². The molecule has 1 aromatic carbocycles. The predicted molar refractivity (Wildman–Crippen MR) is 87.9 cm³/mol. The van der Waals surface area contributed by atoms with Gasteiger partial charge in [-0.25, -0.2) is 0 Å². The van der Waals surface area contributed by atoms with Gasteiger partial charge in [0.2, 0.25) is 5.91 Å². The minimum absolute atomic E-state index is 0.0304. The van der Waals surface area contributed by atoms with Crippen molar-refractivity contribution in [1.29, 1.82) is 0 Å². The van der Waals surface area contributed by atoms with Gasteiger partial charge in [-0.2, -0.15) is 0 Å². The Morgan fingerprint density at radius 2 is 1.91 bits per heavy atom. The molecule has 0 fully saturated rings. The van der Waals surface area contributed by atoms with Gasteiger partial charge in [-0.3, -0.25) is 9.59 Å². The zero-order valence-corrected chi connectivity index (χ0v) is 13.5. The Labute approximate surface area is 136 Å². The molecule has 2 aromatic rings. The summed E-state index contributed by atoms with van der Waals surface area (Å²) in [5.74, 6) is 0.677. The quantitative estimate of drug-likeness (QED) is 0.799. The third-order valence-corrected chi connectivity index (χ3v) is 3.82. The minimum Gasteiger partial charge on any atom is -0.467 e. The van der Waals surface area contributed by atoms with Gasteiger partial charge >= 0.3 is 0 Å². The number of hydrogen-bond donors (Lipinski definition) is 1. The maximum atomic E-state index is 12.2. The highest BCUT2D eigenvalue weighted by atomic mass is 16.3. The number of nitrogens with one attached hydrogen (secondary N) is 1. The molecule has 0 aliphatic heterocycles. The maximum Gasteiger partial charge on any atom is 0.251 e. The highest BCUT2D eigenvalue weighted by Gasteiger charge is 2.18. The Kier molecular flexibility index (Phi) is 5.97. The number of benzene rings is 1. The van der Waals surface area contributed by atoms with Crippen LogP contribution in [0.1, 0.15) is 41.9 Å². The van der Waals surface area contributed by atoms with Crippen LogP contribution in [-0.4, -0.2) is 30.3 Å². The fourth-order valence-corrected chi connectivity index (χ4v) is 2.25. The van der Waals surface area contributed by atoms with Crippen molar-refractivity contribution in [1.82, 2.24) is 10.2 Å². The van der Waals surface area contributed by atoms with Gasteiger partial charge < -0.3 is 14.6 Å². The minimum atomic E-state index is -0.115. The SMILES string of the molecule is CC(c1ccco1)N(C)C(=O)CCCNC(=O)c1ccccc1. The standard InChI is InChI=1S/C18H22N2O3/c1-14(16-10-7-13-23-16)20(2)17(21)11-6-12-19-18(22)15-8-4-3-5-9-15/h3-5,7-10,13-14H,6,11-12H2,1-2H3,(H,19,22). The molecule has 1 heterocycles. The van der Waals surface area contributed by atoms with E-state index in [4.69, 9.17) is 4.42 Å². The van der Waals surface area contributed by atoms with Crippen LogP contribution in [0.25, 0.3) is 0 Å². The molecule has 1 N–H and O–H groups in total. The van der Waals surface area contributed by atoms with Crippen molar-refractivity contribution in [3.63, 3.8) is 0 Å². The average molecular weight is 314 g/mol. The molecule has 0 saturated carbocycles. The van der Waals surface area contributed by atoms with Crippen molar-refractivity contribution in [2.75, 3.05) is 13.6 Å². The molecule has 2 rings (SSSR count). The summed E-state index contributed by atoms with van der Waals surface area (Å²) in [5.41, 5.74) is 0.627. The van der Waals surface area contributed by atoms with Crippen molar-refractivity contribution in [3.8, 4) is 0 Å². The molecule has 0 saturated heterocycles. The monoisotopic (exact) mass is 314 g/mol. The summed E-state index contributed by atoms with van der Waals surface area (Å²) >= 11 is 0. The normalized spacial score (nSPS) is 11.7. The fraction of sp³-hybridized carbons (Fsp3) is 0.333. The summed E-state index contributed by atoms with van der Waals surface area (Å²) < 4.78 is 5.32. The largest absolute Gasteiger partial charge is 0.467 e. The zero-order chi connectivity index (χ0) is 16.7. The van der Waals surface area contributed by atoms with Crippen molar-refractivity contribution in [3.05, 3.63) is 60.1 Å². The van der Waals surface area contributed by atoms with E-state index >= 15 is 0 Å². The van der Waals surface area contributed by atoms with E-state index in [2.05, 4.69) is 5.32 Å². The molecule has 0 aliphatic rings. The molecule has 2 amide bonds. The molecule has 5 nitrogen and oxygen atoms in total. The van der Waals surface area contributed by atoms with Crippen LogP contribution >= 0.6 is 0 Å². The van der Waals surface area contributed by atoms with E-state index < -0.39 is 0 Å². The molecule has 0 bridgehead atoms. The number of carbonyl (C=O) groups excluding carboxylic acids is 2. The van der Waals surface area contributed by atoms with Gasteiger partial charge in [0, 0.05) is 25.6 Å². The number of nitrogens with zero attached hydrogens (tertiary/aromatic N) is 1. The Balaban J connectivity index is 1.71. The smallest absolute Gasteiger partial charge is 0.251 e. The highest BCUT2D eigenvalue weighted by Crippen LogP contribution is 2.19. The van der Waals surface area contributed by atoms with Crippen LogP contribution in [0.5, 0.6) is 0 Å². The van der Waals surface area contributed by atoms with Crippen LogP contribution in [0, 0.1) is 0 Å². The predicted octanol–water partition coefficient (Wildman–Crippen LogP) is 3.01. The van der Waals surface area contributed by atoms with E-state index in [1.807, 2.05) is 37.3 Å². The second-order valence-corrected chi connectivity index (χ2v) is 5.42. The lowest BCUT2D eigenvalue weighted by molar-refractivity contribution is -0.132. The molecule has 5 heteroatoms. The zero-order valence-electron chi connectivity index (χ0n) is 13.5. The summed E-state index contributed by atoms with van der Waals surface area (Å²) in [5, 5.41) is 2.82. The maximum absolute atomic E-state index is 12.2. The topological polar surface area (TPSA) is 62.6 Å². The number of furan rings is 1. The van der Waals surface area contributed by atoms with E-state index in [9.17, 15) is 9.59 Å². The van der Waals surface area contributed by atoms with Crippen molar-refractivity contribution < 1.29 is 14.0 Å². The molecule has 0 radical (unpaired) electrons. The molecule has 1 aromatic heterocycles. The summed E-state index contributed by atoms with van der Waals surface area (Å²) in [6.45, 7) is 2.40. The molecule has 0 aliphatic carbocycles. The van der Waals surface area contributed by atoms with Crippen molar-refractivity contribution >= 4 is 11.8 Å². The van der Waals surface area contributed by atoms with E-state index in [0.717, 1.165) is 5.76 Å². The lowest BCUT2D eigenvalue weighted by atomic mass is 10.2. The molecule has 1 atom stereocenters. The van der Waals surface area contributed by atoms with E-state index in [1.165, 1.54) is 0 Å². The van der Waals surface area contributed by atoms with Gasteiger partial charge in [0.05, 0.1) is 12.3 Å². The van der Waals surface area contributed by atoms with Crippen LogP contribution in [0.2, 0.25) is 0 Å². The number of carbonyl (C=O) groups is 2. The third kappa shape index (κ3) is 4.71. The van der Waals surface area contributed by atoms with Gasteiger partial charge in [0.15, 0.2) is 0 Å². The molecule has 1 unspecified atom stereocenters. The fourth-order valence-electron chi connectivity index (χ4n) is 2.25. The van der Waals surface area contributed by atoms with Crippen LogP contribution in [-0.2, 0) is 4.79 Å². The number of hydrogen-bond acceptors (Lipinski definition) is 3. The Morgan fingerprint density at radius 3 is 2.57 bits per heavy atom. The summed E-state index contributed by atoms with van der Waals surface area (Å²) in [6, 6.07) is 12.6. The van der Waals surface area contributed by atoms with Gasteiger partial charge in [-0.05, 0) is 37.6 Å². The first-order valence-corrected chi connectivity index (χ1v) is 7.72. The van der Waals surface area contributed by atoms with Gasteiger partial charge in [-0.15, -0.1) is 0 Å². The lowest BCUT2D eigenvalue weighted by Gasteiger charge is -2.23. The molecular formula is C18H22N2O3. The second kappa shape index (κ2) is 8.17. The first-order valence-electron chi connectivity index (χ1n) is 7.72. The Hall–Kier alpha value is -2.56. The van der Waals surface area contributed by atoms with Crippen LogP contribution in [0.3, 0.4) is 0 Å². The Morgan fingerprint density at radius 1 is 1.17 bits per heavy atom.